The van der Waals surface area contributed by atoms with Crippen LogP contribution in [0.2, 0.25) is 0 Å². The first kappa shape index (κ1) is 14.7. The summed E-state index contributed by atoms with van der Waals surface area (Å²) in [6.45, 7) is 3.24. The van der Waals surface area contributed by atoms with Crippen molar-refractivity contribution in [2.75, 3.05) is 5.32 Å². The lowest BCUT2D eigenvalue weighted by atomic mass is 9.85. The van der Waals surface area contributed by atoms with Crippen molar-refractivity contribution >= 4 is 33.0 Å². The highest BCUT2D eigenvalue weighted by Gasteiger charge is 2.20. The molecule has 2 aromatic heterocycles. The molecule has 2 aromatic rings. The van der Waals surface area contributed by atoms with Crippen molar-refractivity contribution in [2.45, 2.75) is 39.3 Å². The second-order valence-electron chi connectivity index (χ2n) is 5.39. The number of halogens is 1. The van der Waals surface area contributed by atoms with Gasteiger partial charge in [0.2, 0.25) is 0 Å². The molecule has 0 saturated heterocycles. The Morgan fingerprint density at radius 2 is 2.33 bits per heavy atom. The summed E-state index contributed by atoms with van der Waals surface area (Å²) in [5.41, 5.74) is 1.51. The topological polar surface area (TPSA) is 59.8 Å². The number of rotatable bonds is 5. The molecule has 0 aromatic carbocycles. The molecule has 1 fully saturated rings. The fourth-order valence-corrected chi connectivity index (χ4v) is 3.44. The third-order valence-corrected chi connectivity index (χ3v) is 5.30. The van der Waals surface area contributed by atoms with Crippen LogP contribution < -0.4 is 10.9 Å². The predicted molar refractivity (Wildman–Crippen MR) is 87.7 cm³/mol. The molecule has 7 heteroatoms. The SMILES string of the molecule is Cc1csc(CNc2c(Br)cnn(CC3CCC3)c2=O)n1. The molecule has 0 unspecified atom stereocenters. The van der Waals surface area contributed by atoms with E-state index in [9.17, 15) is 4.79 Å². The number of aromatic nitrogens is 3. The van der Waals surface area contributed by atoms with E-state index in [0.717, 1.165) is 17.2 Å². The fraction of sp³-hybridized carbons (Fsp3) is 0.500. The molecule has 3 rings (SSSR count). The largest absolute Gasteiger partial charge is 0.373 e. The second-order valence-corrected chi connectivity index (χ2v) is 7.18. The molecule has 1 aliphatic rings. The summed E-state index contributed by atoms with van der Waals surface area (Å²) in [6, 6.07) is 0. The molecule has 112 valence electrons. The first-order chi connectivity index (χ1) is 10.1. The Bertz CT molecular complexity index is 693. The highest BCUT2D eigenvalue weighted by atomic mass is 79.9. The molecule has 1 N–H and O–H groups in total. The van der Waals surface area contributed by atoms with Gasteiger partial charge in [0.05, 0.1) is 17.2 Å². The molecule has 2 heterocycles. The predicted octanol–water partition coefficient (Wildman–Crippen LogP) is 3.18. The Hall–Kier alpha value is -1.21. The van der Waals surface area contributed by atoms with Crippen LogP contribution in [0, 0.1) is 12.8 Å². The fourth-order valence-electron chi connectivity index (χ4n) is 2.33. The van der Waals surface area contributed by atoms with Gasteiger partial charge in [-0.3, -0.25) is 4.79 Å². The zero-order chi connectivity index (χ0) is 14.8. The zero-order valence-electron chi connectivity index (χ0n) is 11.8. The number of nitrogens with one attached hydrogen (secondary N) is 1. The summed E-state index contributed by atoms with van der Waals surface area (Å²) >= 11 is 5.00. The second kappa shape index (κ2) is 6.27. The van der Waals surface area contributed by atoms with E-state index in [-0.39, 0.29) is 5.56 Å². The summed E-state index contributed by atoms with van der Waals surface area (Å²) < 4.78 is 2.27. The first-order valence-electron chi connectivity index (χ1n) is 7.04. The summed E-state index contributed by atoms with van der Waals surface area (Å²) in [7, 11) is 0. The number of nitrogens with zero attached hydrogens (tertiary/aromatic N) is 3. The van der Waals surface area contributed by atoms with Gasteiger partial charge >= 0.3 is 0 Å². The maximum Gasteiger partial charge on any atom is 0.291 e. The van der Waals surface area contributed by atoms with E-state index in [1.165, 1.54) is 19.3 Å². The molecule has 0 radical (unpaired) electrons. The Morgan fingerprint density at radius 1 is 1.52 bits per heavy atom. The van der Waals surface area contributed by atoms with E-state index < -0.39 is 0 Å². The maximum atomic E-state index is 12.5. The Morgan fingerprint density at radius 3 is 2.95 bits per heavy atom. The third-order valence-electron chi connectivity index (χ3n) is 3.74. The van der Waals surface area contributed by atoms with Gasteiger partial charge in [0, 0.05) is 17.6 Å². The minimum Gasteiger partial charge on any atom is -0.373 e. The van der Waals surface area contributed by atoms with Gasteiger partial charge in [-0.05, 0) is 41.6 Å². The normalized spacial score (nSPS) is 15.0. The standard InChI is InChI=1S/C14H17BrN4OS/c1-9-8-21-12(18-9)6-16-13-11(15)5-17-19(14(13)20)7-10-3-2-4-10/h5,8,10,16H,2-4,6-7H2,1H3. The van der Waals surface area contributed by atoms with Crippen LogP contribution in [0.1, 0.15) is 30.0 Å². The van der Waals surface area contributed by atoms with Gasteiger partial charge in [0.1, 0.15) is 10.7 Å². The molecule has 0 amide bonds. The number of anilines is 1. The van der Waals surface area contributed by atoms with E-state index in [1.54, 1.807) is 22.2 Å². The summed E-state index contributed by atoms with van der Waals surface area (Å²) in [4.78, 5) is 16.9. The molecule has 1 aliphatic carbocycles. The first-order valence-corrected chi connectivity index (χ1v) is 8.71. The highest BCUT2D eigenvalue weighted by molar-refractivity contribution is 9.10. The van der Waals surface area contributed by atoms with Crippen molar-refractivity contribution in [3.05, 3.63) is 37.1 Å². The molecular weight excluding hydrogens is 352 g/mol. The van der Waals surface area contributed by atoms with Gasteiger partial charge in [0.15, 0.2) is 0 Å². The minimum atomic E-state index is -0.0652. The maximum absolute atomic E-state index is 12.5. The van der Waals surface area contributed by atoms with Crippen molar-refractivity contribution < 1.29 is 0 Å². The molecule has 0 bridgehead atoms. The van der Waals surface area contributed by atoms with E-state index >= 15 is 0 Å². The van der Waals surface area contributed by atoms with Crippen LogP contribution in [0.25, 0.3) is 0 Å². The number of thiazole rings is 1. The van der Waals surface area contributed by atoms with Crippen LogP contribution in [-0.4, -0.2) is 14.8 Å². The van der Waals surface area contributed by atoms with E-state index in [0.29, 0.717) is 22.6 Å². The minimum absolute atomic E-state index is 0.0652. The average Bonchev–Trinajstić information content (AvgIpc) is 2.81. The number of hydrogen-bond acceptors (Lipinski definition) is 5. The summed E-state index contributed by atoms with van der Waals surface area (Å²) in [6.07, 6.45) is 5.36. The van der Waals surface area contributed by atoms with Gasteiger partial charge in [-0.1, -0.05) is 6.42 Å². The monoisotopic (exact) mass is 368 g/mol. The van der Waals surface area contributed by atoms with Crippen molar-refractivity contribution in [3.8, 4) is 0 Å². The Labute approximate surface area is 135 Å². The van der Waals surface area contributed by atoms with Crippen LogP contribution in [-0.2, 0) is 13.1 Å². The number of aryl methyl sites for hydroxylation is 1. The zero-order valence-corrected chi connectivity index (χ0v) is 14.2. The van der Waals surface area contributed by atoms with Crippen LogP contribution >= 0.6 is 27.3 Å². The van der Waals surface area contributed by atoms with Crippen LogP contribution in [0.15, 0.2) is 20.8 Å². The van der Waals surface area contributed by atoms with Gasteiger partial charge in [-0.2, -0.15) is 5.10 Å². The smallest absolute Gasteiger partial charge is 0.291 e. The third kappa shape index (κ3) is 3.35. The molecular formula is C14H17BrN4OS. The van der Waals surface area contributed by atoms with Gasteiger partial charge < -0.3 is 5.32 Å². The van der Waals surface area contributed by atoms with E-state index in [2.05, 4.69) is 31.3 Å². The number of hydrogen-bond donors (Lipinski definition) is 1. The van der Waals surface area contributed by atoms with Crippen molar-refractivity contribution in [1.29, 1.82) is 0 Å². The quantitative estimate of drug-likeness (QED) is 0.880. The Kier molecular flexibility index (Phi) is 4.40. The molecule has 1 saturated carbocycles. The average molecular weight is 369 g/mol. The van der Waals surface area contributed by atoms with Crippen molar-refractivity contribution in [2.24, 2.45) is 5.92 Å². The highest BCUT2D eigenvalue weighted by Crippen LogP contribution is 2.27. The van der Waals surface area contributed by atoms with Crippen molar-refractivity contribution in [1.82, 2.24) is 14.8 Å². The lowest BCUT2D eigenvalue weighted by Crippen LogP contribution is -2.30. The molecule has 0 spiro atoms. The van der Waals surface area contributed by atoms with Crippen molar-refractivity contribution in [3.63, 3.8) is 0 Å². The summed E-state index contributed by atoms with van der Waals surface area (Å²) in [5.74, 6) is 0.603. The van der Waals surface area contributed by atoms with Gasteiger partial charge in [-0.15, -0.1) is 11.3 Å². The van der Waals surface area contributed by atoms with Crippen LogP contribution in [0.3, 0.4) is 0 Å². The molecule has 0 atom stereocenters. The molecule has 0 aliphatic heterocycles. The lowest BCUT2D eigenvalue weighted by molar-refractivity contribution is 0.262. The van der Waals surface area contributed by atoms with Crippen LogP contribution in [0.4, 0.5) is 5.69 Å². The van der Waals surface area contributed by atoms with E-state index in [1.807, 2.05) is 12.3 Å². The van der Waals surface area contributed by atoms with Gasteiger partial charge in [0.25, 0.3) is 5.56 Å². The lowest BCUT2D eigenvalue weighted by Gasteiger charge is -2.25. The Balaban J connectivity index is 1.76. The summed E-state index contributed by atoms with van der Waals surface area (Å²) in [5, 5.41) is 10.4. The molecule has 21 heavy (non-hydrogen) atoms. The van der Waals surface area contributed by atoms with Crippen LogP contribution in [0.5, 0.6) is 0 Å². The molecule has 5 nitrogen and oxygen atoms in total. The van der Waals surface area contributed by atoms with Gasteiger partial charge in [-0.25, -0.2) is 9.67 Å². The van der Waals surface area contributed by atoms with E-state index in [4.69, 9.17) is 0 Å².